The van der Waals surface area contributed by atoms with E-state index in [0.717, 1.165) is 24.0 Å². The van der Waals surface area contributed by atoms with Crippen molar-refractivity contribution in [2.45, 2.75) is 26.2 Å². The van der Waals surface area contributed by atoms with E-state index in [0.29, 0.717) is 18.1 Å². The zero-order valence-corrected chi connectivity index (χ0v) is 11.2. The summed E-state index contributed by atoms with van der Waals surface area (Å²) in [5, 5.41) is 9.08. The van der Waals surface area contributed by atoms with E-state index in [1.807, 2.05) is 12.1 Å². The molecule has 0 atom stereocenters. The van der Waals surface area contributed by atoms with Crippen LogP contribution in [0, 0.1) is 11.3 Å². The lowest BCUT2D eigenvalue weighted by Crippen LogP contribution is -2.11. The molecule has 0 aromatic heterocycles. The fraction of sp³-hybridized carbons (Fsp3) is 0.429. The number of benzene rings is 1. The maximum absolute atomic E-state index is 11.5. The van der Waals surface area contributed by atoms with Gasteiger partial charge in [0.1, 0.15) is 0 Å². The van der Waals surface area contributed by atoms with E-state index in [1.54, 1.807) is 13.0 Å². The molecule has 3 nitrogen and oxygen atoms in total. The van der Waals surface area contributed by atoms with Crippen LogP contribution in [0.4, 0.5) is 0 Å². The van der Waals surface area contributed by atoms with Gasteiger partial charge in [0.2, 0.25) is 0 Å². The average Bonchev–Trinajstić information content (AvgIpc) is 2.37. The fourth-order valence-corrected chi connectivity index (χ4v) is 1.93. The Kier molecular flexibility index (Phi) is 6.24. The van der Waals surface area contributed by atoms with Crippen LogP contribution in [0.1, 0.15) is 30.0 Å². The van der Waals surface area contributed by atoms with E-state index in [1.165, 1.54) is 0 Å². The number of halogens is 1. The molecule has 0 N–H and O–H groups in total. The molecule has 0 aliphatic carbocycles. The minimum Gasteiger partial charge on any atom is -0.466 e. The van der Waals surface area contributed by atoms with Crippen LogP contribution in [0.5, 0.6) is 0 Å². The third-order valence-corrected chi connectivity index (χ3v) is 2.87. The molecule has 0 spiro atoms. The minimum atomic E-state index is -0.299. The summed E-state index contributed by atoms with van der Waals surface area (Å²) in [7, 11) is 0. The molecule has 0 amide bonds. The standard InChI is InChI=1S/C14H16ClNO2/c1-2-18-14(17)9-13-11(7-4-8-15)5-3-6-12(13)10-16/h3,5-6H,2,4,7-9H2,1H3. The van der Waals surface area contributed by atoms with Gasteiger partial charge in [0.05, 0.1) is 24.7 Å². The van der Waals surface area contributed by atoms with Gasteiger partial charge in [-0.05, 0) is 37.0 Å². The van der Waals surface area contributed by atoms with Gasteiger partial charge in [0.25, 0.3) is 0 Å². The highest BCUT2D eigenvalue weighted by atomic mass is 35.5. The number of alkyl halides is 1. The number of hydrogen-bond donors (Lipinski definition) is 0. The molecule has 0 saturated carbocycles. The zero-order chi connectivity index (χ0) is 13.4. The lowest BCUT2D eigenvalue weighted by molar-refractivity contribution is -0.142. The number of nitrogens with zero attached hydrogens (tertiary/aromatic N) is 1. The Balaban J connectivity index is 2.97. The Morgan fingerprint density at radius 3 is 2.89 bits per heavy atom. The smallest absolute Gasteiger partial charge is 0.310 e. The van der Waals surface area contributed by atoms with Crippen molar-refractivity contribution in [3.05, 3.63) is 34.9 Å². The lowest BCUT2D eigenvalue weighted by Gasteiger charge is -2.10. The first-order chi connectivity index (χ1) is 8.72. The van der Waals surface area contributed by atoms with Gasteiger partial charge in [-0.25, -0.2) is 0 Å². The van der Waals surface area contributed by atoms with E-state index < -0.39 is 0 Å². The first-order valence-electron chi connectivity index (χ1n) is 5.95. The molecule has 0 aliphatic heterocycles. The van der Waals surface area contributed by atoms with Gasteiger partial charge < -0.3 is 4.74 Å². The number of carbonyl (C=O) groups is 1. The molecular weight excluding hydrogens is 250 g/mol. The van der Waals surface area contributed by atoms with Crippen molar-refractivity contribution in [1.29, 1.82) is 5.26 Å². The molecule has 1 rings (SSSR count). The van der Waals surface area contributed by atoms with Crippen LogP contribution in [0.2, 0.25) is 0 Å². The number of esters is 1. The predicted molar refractivity (Wildman–Crippen MR) is 70.5 cm³/mol. The van der Waals surface area contributed by atoms with Crippen molar-refractivity contribution in [3.63, 3.8) is 0 Å². The lowest BCUT2D eigenvalue weighted by atomic mass is 9.96. The molecular formula is C14H16ClNO2. The average molecular weight is 266 g/mol. The first-order valence-corrected chi connectivity index (χ1v) is 6.48. The van der Waals surface area contributed by atoms with Gasteiger partial charge in [-0.1, -0.05) is 12.1 Å². The summed E-state index contributed by atoms with van der Waals surface area (Å²) in [4.78, 5) is 11.5. The first kappa shape index (κ1) is 14.5. The number of carbonyl (C=O) groups excluding carboxylic acids is 1. The maximum Gasteiger partial charge on any atom is 0.310 e. The molecule has 4 heteroatoms. The van der Waals surface area contributed by atoms with E-state index in [-0.39, 0.29) is 12.4 Å². The predicted octanol–water partition coefficient (Wildman–Crippen LogP) is 2.84. The fourth-order valence-electron chi connectivity index (χ4n) is 1.80. The largest absolute Gasteiger partial charge is 0.466 e. The van der Waals surface area contributed by atoms with Gasteiger partial charge in [-0.2, -0.15) is 5.26 Å². The second-order valence-corrected chi connectivity index (χ2v) is 4.21. The summed E-state index contributed by atoms with van der Waals surface area (Å²) in [6, 6.07) is 7.60. The summed E-state index contributed by atoms with van der Waals surface area (Å²) >= 11 is 5.68. The Bertz CT molecular complexity index is 452. The third-order valence-electron chi connectivity index (χ3n) is 2.60. The molecule has 1 aromatic rings. The molecule has 0 aliphatic rings. The quantitative estimate of drug-likeness (QED) is 0.587. The zero-order valence-electron chi connectivity index (χ0n) is 10.4. The van der Waals surface area contributed by atoms with Gasteiger partial charge in [-0.15, -0.1) is 11.6 Å². The number of rotatable bonds is 6. The van der Waals surface area contributed by atoms with Crippen LogP contribution < -0.4 is 0 Å². The van der Waals surface area contributed by atoms with Crippen molar-refractivity contribution in [1.82, 2.24) is 0 Å². The van der Waals surface area contributed by atoms with Crippen LogP contribution in [0.3, 0.4) is 0 Å². The van der Waals surface area contributed by atoms with E-state index >= 15 is 0 Å². The Morgan fingerprint density at radius 1 is 1.50 bits per heavy atom. The number of hydrogen-bond acceptors (Lipinski definition) is 3. The van der Waals surface area contributed by atoms with Crippen molar-refractivity contribution < 1.29 is 9.53 Å². The Morgan fingerprint density at radius 2 is 2.28 bits per heavy atom. The van der Waals surface area contributed by atoms with Crippen molar-refractivity contribution in [2.75, 3.05) is 12.5 Å². The molecule has 96 valence electrons. The van der Waals surface area contributed by atoms with Crippen molar-refractivity contribution in [3.8, 4) is 6.07 Å². The second-order valence-electron chi connectivity index (χ2n) is 3.83. The molecule has 0 fully saturated rings. The highest BCUT2D eigenvalue weighted by Gasteiger charge is 2.13. The van der Waals surface area contributed by atoms with E-state index in [9.17, 15) is 4.79 Å². The van der Waals surface area contributed by atoms with Crippen molar-refractivity contribution in [2.24, 2.45) is 0 Å². The van der Waals surface area contributed by atoms with Crippen LogP contribution >= 0.6 is 11.6 Å². The highest BCUT2D eigenvalue weighted by Crippen LogP contribution is 2.17. The van der Waals surface area contributed by atoms with Crippen molar-refractivity contribution >= 4 is 17.6 Å². The summed E-state index contributed by atoms with van der Waals surface area (Å²) in [5.74, 6) is 0.266. The minimum absolute atomic E-state index is 0.148. The topological polar surface area (TPSA) is 50.1 Å². The van der Waals surface area contributed by atoms with Gasteiger partial charge >= 0.3 is 5.97 Å². The molecule has 0 heterocycles. The number of ether oxygens (including phenoxy) is 1. The molecule has 1 aromatic carbocycles. The third kappa shape index (κ3) is 4.05. The molecule has 0 saturated heterocycles. The van der Waals surface area contributed by atoms with Crippen LogP contribution in [0.15, 0.2) is 18.2 Å². The molecule has 0 radical (unpaired) electrons. The van der Waals surface area contributed by atoms with E-state index in [2.05, 4.69) is 6.07 Å². The SMILES string of the molecule is CCOC(=O)Cc1c(C#N)cccc1CCCCl. The van der Waals surface area contributed by atoms with Gasteiger partial charge in [-0.3, -0.25) is 4.79 Å². The molecule has 18 heavy (non-hydrogen) atoms. The Hall–Kier alpha value is -1.53. The number of aryl methyl sites for hydroxylation is 1. The van der Waals surface area contributed by atoms with Crippen LogP contribution in [-0.2, 0) is 22.4 Å². The van der Waals surface area contributed by atoms with Crippen LogP contribution in [0.25, 0.3) is 0 Å². The molecule has 0 bridgehead atoms. The van der Waals surface area contributed by atoms with Gasteiger partial charge in [0.15, 0.2) is 0 Å². The number of nitriles is 1. The normalized spacial score (nSPS) is 9.83. The summed E-state index contributed by atoms with van der Waals surface area (Å²) in [6.07, 6.45) is 1.75. The van der Waals surface area contributed by atoms with Crippen LogP contribution in [-0.4, -0.2) is 18.5 Å². The van der Waals surface area contributed by atoms with Gasteiger partial charge in [0, 0.05) is 5.88 Å². The summed E-state index contributed by atoms with van der Waals surface area (Å²) < 4.78 is 4.93. The monoisotopic (exact) mass is 265 g/mol. The van der Waals surface area contributed by atoms with E-state index in [4.69, 9.17) is 21.6 Å². The maximum atomic E-state index is 11.5. The Labute approximate surface area is 112 Å². The second kappa shape index (κ2) is 7.73. The highest BCUT2D eigenvalue weighted by molar-refractivity contribution is 6.17. The summed E-state index contributed by atoms with van der Waals surface area (Å²) in [6.45, 7) is 2.12. The summed E-state index contributed by atoms with van der Waals surface area (Å²) in [5.41, 5.74) is 2.31. The molecule has 0 unspecified atom stereocenters.